The van der Waals surface area contributed by atoms with Crippen LogP contribution >= 0.6 is 0 Å². The van der Waals surface area contributed by atoms with Crippen molar-refractivity contribution in [2.24, 2.45) is 0 Å². The van der Waals surface area contributed by atoms with Crippen LogP contribution in [0.1, 0.15) is 12.8 Å². The summed E-state index contributed by atoms with van der Waals surface area (Å²) >= 11 is 0. The zero-order valence-electron chi connectivity index (χ0n) is 8.97. The number of nitrogens with two attached hydrogens (primary N) is 1. The zero-order valence-corrected chi connectivity index (χ0v) is 8.97. The van der Waals surface area contributed by atoms with Gasteiger partial charge in [0.2, 0.25) is 0 Å². The van der Waals surface area contributed by atoms with Crippen molar-refractivity contribution < 1.29 is 4.74 Å². The Kier molecular flexibility index (Phi) is 3.10. The molecule has 5 heteroatoms. The molecule has 1 aliphatic heterocycles. The smallest absolute Gasteiger partial charge is 0.179 e. The molecule has 1 aromatic rings. The van der Waals surface area contributed by atoms with Gasteiger partial charge in [-0.1, -0.05) is 0 Å². The van der Waals surface area contributed by atoms with Gasteiger partial charge < -0.3 is 15.4 Å². The van der Waals surface area contributed by atoms with Crippen LogP contribution in [0.3, 0.4) is 0 Å². The van der Waals surface area contributed by atoms with Gasteiger partial charge in [0.15, 0.2) is 6.19 Å². The number of hydrogen-bond donors (Lipinski definition) is 1. The average Bonchev–Trinajstić information content (AvgIpc) is 2.74. The normalized spacial score (nSPS) is 19.4. The third-order valence-corrected chi connectivity index (χ3v) is 2.70. The maximum Gasteiger partial charge on any atom is 0.179 e. The zero-order chi connectivity index (χ0) is 11.4. The molecule has 0 amide bonds. The Hall–Kier alpha value is -1.96. The summed E-state index contributed by atoms with van der Waals surface area (Å²) in [6.45, 7) is 1.36. The number of nitrogens with zero attached hydrogens (tertiary/aromatic N) is 3. The molecular formula is C11H14N4O. The van der Waals surface area contributed by atoms with Gasteiger partial charge in [-0.3, -0.25) is 0 Å². The van der Waals surface area contributed by atoms with Crippen molar-refractivity contribution in [3.63, 3.8) is 0 Å². The van der Waals surface area contributed by atoms with Crippen molar-refractivity contribution in [2.75, 3.05) is 18.9 Å². The summed E-state index contributed by atoms with van der Waals surface area (Å²) in [5, 5.41) is 8.87. The average molecular weight is 218 g/mol. The molecule has 1 fully saturated rings. The molecule has 1 aromatic heterocycles. The molecule has 1 saturated heterocycles. The van der Waals surface area contributed by atoms with E-state index in [4.69, 9.17) is 15.7 Å². The molecule has 16 heavy (non-hydrogen) atoms. The van der Waals surface area contributed by atoms with Crippen LogP contribution < -0.4 is 10.5 Å². The predicted octanol–water partition coefficient (Wildman–Crippen LogP) is 0.988. The summed E-state index contributed by atoms with van der Waals surface area (Å²) < 4.78 is 5.59. The molecule has 2 N–H and O–H groups in total. The Bertz CT molecular complexity index is 401. The van der Waals surface area contributed by atoms with E-state index >= 15 is 0 Å². The Morgan fingerprint density at radius 1 is 1.69 bits per heavy atom. The van der Waals surface area contributed by atoms with Crippen molar-refractivity contribution in [1.82, 2.24) is 9.88 Å². The second-order valence-electron chi connectivity index (χ2n) is 3.82. The highest BCUT2D eigenvalue weighted by Gasteiger charge is 2.23. The van der Waals surface area contributed by atoms with Crippen LogP contribution in [0.5, 0.6) is 5.75 Å². The monoisotopic (exact) mass is 218 g/mol. The number of ether oxygens (including phenoxy) is 1. The SMILES string of the molecule is N#CN1CCCC1COc1ccnc(N)c1. The van der Waals surface area contributed by atoms with Crippen LogP contribution in [0, 0.1) is 11.5 Å². The van der Waals surface area contributed by atoms with Crippen LogP contribution in [-0.2, 0) is 0 Å². The van der Waals surface area contributed by atoms with E-state index < -0.39 is 0 Å². The molecule has 0 aliphatic carbocycles. The summed E-state index contributed by atoms with van der Waals surface area (Å²) in [5.41, 5.74) is 5.54. The maximum atomic E-state index is 8.87. The number of pyridine rings is 1. The number of nitrogen functional groups attached to an aromatic ring is 1. The standard InChI is InChI=1S/C11H14N4O/c12-8-15-5-1-2-9(15)7-16-10-3-4-14-11(13)6-10/h3-4,6,9H,1-2,5,7H2,(H2,13,14). The fourth-order valence-corrected chi connectivity index (χ4v) is 1.85. The van der Waals surface area contributed by atoms with Crippen LogP contribution in [0.4, 0.5) is 5.82 Å². The molecule has 84 valence electrons. The van der Waals surface area contributed by atoms with E-state index in [0.717, 1.165) is 19.4 Å². The third kappa shape index (κ3) is 2.34. The molecule has 0 spiro atoms. The van der Waals surface area contributed by atoms with Crippen molar-refractivity contribution in [1.29, 1.82) is 5.26 Å². The maximum absolute atomic E-state index is 8.87. The van der Waals surface area contributed by atoms with Crippen molar-refractivity contribution >= 4 is 5.82 Å². The number of nitriles is 1. The molecule has 5 nitrogen and oxygen atoms in total. The van der Waals surface area contributed by atoms with Gasteiger partial charge in [0, 0.05) is 18.8 Å². The molecule has 0 bridgehead atoms. The van der Waals surface area contributed by atoms with Crippen molar-refractivity contribution in [3.05, 3.63) is 18.3 Å². The molecule has 1 aliphatic rings. The van der Waals surface area contributed by atoms with Crippen molar-refractivity contribution in [2.45, 2.75) is 18.9 Å². The molecule has 2 heterocycles. The van der Waals surface area contributed by atoms with Gasteiger partial charge in [0.25, 0.3) is 0 Å². The highest BCUT2D eigenvalue weighted by atomic mass is 16.5. The van der Waals surface area contributed by atoms with E-state index in [1.54, 1.807) is 23.2 Å². The summed E-state index contributed by atoms with van der Waals surface area (Å²) in [4.78, 5) is 5.65. The van der Waals surface area contributed by atoms with Crippen LogP contribution in [-0.4, -0.2) is 29.1 Å². The first-order valence-corrected chi connectivity index (χ1v) is 5.30. The molecule has 2 rings (SSSR count). The van der Waals surface area contributed by atoms with E-state index in [9.17, 15) is 0 Å². The Labute approximate surface area is 94.4 Å². The summed E-state index contributed by atoms with van der Waals surface area (Å²) in [6, 6.07) is 3.65. The minimum atomic E-state index is 0.194. The van der Waals surface area contributed by atoms with Gasteiger partial charge in [0.1, 0.15) is 18.2 Å². The Morgan fingerprint density at radius 3 is 3.31 bits per heavy atom. The van der Waals surface area contributed by atoms with E-state index in [2.05, 4.69) is 11.2 Å². The molecule has 0 saturated carbocycles. The van der Waals surface area contributed by atoms with Crippen LogP contribution in [0.2, 0.25) is 0 Å². The molecule has 1 unspecified atom stereocenters. The lowest BCUT2D eigenvalue weighted by atomic mass is 10.2. The first kappa shape index (κ1) is 10.6. The van der Waals surface area contributed by atoms with Gasteiger partial charge >= 0.3 is 0 Å². The van der Waals surface area contributed by atoms with E-state index in [0.29, 0.717) is 18.2 Å². The number of rotatable bonds is 3. The second kappa shape index (κ2) is 4.71. The third-order valence-electron chi connectivity index (χ3n) is 2.70. The van der Waals surface area contributed by atoms with E-state index in [1.165, 1.54) is 0 Å². The molecule has 0 aromatic carbocycles. The van der Waals surface area contributed by atoms with Gasteiger partial charge in [-0.2, -0.15) is 5.26 Å². The largest absolute Gasteiger partial charge is 0.491 e. The summed E-state index contributed by atoms with van der Waals surface area (Å²) in [7, 11) is 0. The second-order valence-corrected chi connectivity index (χ2v) is 3.82. The highest BCUT2D eigenvalue weighted by molar-refractivity contribution is 5.35. The van der Waals surface area contributed by atoms with Crippen molar-refractivity contribution in [3.8, 4) is 11.9 Å². The van der Waals surface area contributed by atoms with Crippen LogP contribution in [0.25, 0.3) is 0 Å². The first-order chi connectivity index (χ1) is 7.79. The minimum absolute atomic E-state index is 0.194. The predicted molar refractivity (Wildman–Crippen MR) is 59.5 cm³/mol. The van der Waals surface area contributed by atoms with Gasteiger partial charge in [-0.25, -0.2) is 4.98 Å². The molecular weight excluding hydrogens is 204 g/mol. The lowest BCUT2D eigenvalue weighted by Crippen LogP contribution is -2.30. The number of hydrogen-bond acceptors (Lipinski definition) is 5. The Morgan fingerprint density at radius 2 is 2.56 bits per heavy atom. The molecule has 1 atom stereocenters. The first-order valence-electron chi connectivity index (χ1n) is 5.30. The van der Waals surface area contributed by atoms with Gasteiger partial charge in [-0.05, 0) is 18.9 Å². The van der Waals surface area contributed by atoms with Crippen LogP contribution in [0.15, 0.2) is 18.3 Å². The van der Waals surface area contributed by atoms with Gasteiger partial charge in [-0.15, -0.1) is 0 Å². The fourth-order valence-electron chi connectivity index (χ4n) is 1.85. The van der Waals surface area contributed by atoms with E-state index in [1.807, 2.05) is 0 Å². The number of anilines is 1. The number of aromatic nitrogens is 1. The number of likely N-dealkylation sites (tertiary alicyclic amines) is 1. The van der Waals surface area contributed by atoms with E-state index in [-0.39, 0.29) is 6.04 Å². The lowest BCUT2D eigenvalue weighted by molar-refractivity contribution is 0.219. The summed E-state index contributed by atoms with van der Waals surface area (Å²) in [6.07, 6.45) is 5.85. The Balaban J connectivity index is 1.90. The fraction of sp³-hybridized carbons (Fsp3) is 0.455. The highest BCUT2D eigenvalue weighted by Crippen LogP contribution is 2.18. The quantitative estimate of drug-likeness (QED) is 0.766. The topological polar surface area (TPSA) is 75.2 Å². The van der Waals surface area contributed by atoms with Gasteiger partial charge in [0.05, 0.1) is 6.04 Å². The minimum Gasteiger partial charge on any atom is -0.491 e. The molecule has 0 radical (unpaired) electrons. The lowest BCUT2D eigenvalue weighted by Gasteiger charge is -2.18. The summed E-state index contributed by atoms with van der Waals surface area (Å²) in [5.74, 6) is 1.15.